The normalized spacial score (nSPS) is 21.3. The van der Waals surface area contributed by atoms with Crippen molar-refractivity contribution in [3.05, 3.63) is 34.9 Å². The molecule has 106 valence electrons. The van der Waals surface area contributed by atoms with E-state index in [1.165, 1.54) is 24.8 Å². The maximum atomic E-state index is 6.22. The molecule has 2 unspecified atom stereocenters. The highest BCUT2D eigenvalue weighted by Crippen LogP contribution is 2.21. The molecule has 0 radical (unpaired) electrons. The van der Waals surface area contributed by atoms with Crippen LogP contribution in [0.4, 0.5) is 0 Å². The third kappa shape index (κ3) is 4.79. The number of halogens is 1. The minimum Gasteiger partial charge on any atom is -0.378 e. The lowest BCUT2D eigenvalue weighted by atomic mass is 9.97. The zero-order valence-corrected chi connectivity index (χ0v) is 12.5. The topological polar surface area (TPSA) is 21.3 Å². The molecule has 1 heterocycles. The summed E-state index contributed by atoms with van der Waals surface area (Å²) < 4.78 is 5.79. The van der Waals surface area contributed by atoms with Crippen LogP contribution in [0.5, 0.6) is 0 Å². The molecule has 1 N–H and O–H groups in total. The Labute approximate surface area is 121 Å². The van der Waals surface area contributed by atoms with E-state index >= 15 is 0 Å². The van der Waals surface area contributed by atoms with Gasteiger partial charge in [-0.25, -0.2) is 0 Å². The second-order valence-electron chi connectivity index (χ2n) is 5.35. The first kappa shape index (κ1) is 14.8. The van der Waals surface area contributed by atoms with Gasteiger partial charge < -0.3 is 10.1 Å². The quantitative estimate of drug-likeness (QED) is 0.856. The molecule has 0 aliphatic carbocycles. The maximum Gasteiger partial charge on any atom is 0.0575 e. The summed E-state index contributed by atoms with van der Waals surface area (Å²) in [6.45, 7) is 0.944. The fraction of sp³-hybridized carbons (Fsp3) is 0.625. The van der Waals surface area contributed by atoms with E-state index in [0.29, 0.717) is 12.1 Å². The third-order valence-electron chi connectivity index (χ3n) is 3.94. The zero-order chi connectivity index (χ0) is 13.5. The summed E-state index contributed by atoms with van der Waals surface area (Å²) in [5.74, 6) is 0. The molecule has 2 rings (SSSR count). The van der Waals surface area contributed by atoms with Gasteiger partial charge in [0.2, 0.25) is 0 Å². The zero-order valence-electron chi connectivity index (χ0n) is 11.7. The number of hydrogen-bond donors (Lipinski definition) is 1. The van der Waals surface area contributed by atoms with E-state index in [-0.39, 0.29) is 0 Å². The van der Waals surface area contributed by atoms with Crippen molar-refractivity contribution in [2.75, 3.05) is 13.7 Å². The van der Waals surface area contributed by atoms with Crippen molar-refractivity contribution in [3.63, 3.8) is 0 Å². The Morgan fingerprint density at radius 2 is 2.21 bits per heavy atom. The number of rotatable bonds is 6. The van der Waals surface area contributed by atoms with Crippen molar-refractivity contribution in [1.82, 2.24) is 5.32 Å². The van der Waals surface area contributed by atoms with E-state index in [1.807, 2.05) is 19.2 Å². The maximum absolute atomic E-state index is 6.22. The van der Waals surface area contributed by atoms with Crippen LogP contribution in [0, 0.1) is 0 Å². The van der Waals surface area contributed by atoms with Crippen LogP contribution in [-0.2, 0) is 11.2 Å². The van der Waals surface area contributed by atoms with Crippen LogP contribution in [0.2, 0.25) is 5.02 Å². The minimum atomic E-state index is 0.468. The predicted octanol–water partition coefficient (Wildman–Crippen LogP) is 3.82. The smallest absolute Gasteiger partial charge is 0.0575 e. The molecule has 1 aromatic rings. The van der Waals surface area contributed by atoms with Gasteiger partial charge in [-0.2, -0.15) is 0 Å². The predicted molar refractivity (Wildman–Crippen MR) is 80.8 cm³/mol. The molecular weight excluding hydrogens is 258 g/mol. The number of nitrogens with one attached hydrogen (secondary N) is 1. The first-order valence-electron chi connectivity index (χ1n) is 7.32. The van der Waals surface area contributed by atoms with Crippen LogP contribution in [0.3, 0.4) is 0 Å². The van der Waals surface area contributed by atoms with Crippen LogP contribution in [0.15, 0.2) is 24.3 Å². The van der Waals surface area contributed by atoms with Crippen molar-refractivity contribution in [1.29, 1.82) is 0 Å². The standard InChI is InChI=1S/C16H24ClNO/c1-18-14(9-10-15-7-4-5-11-19-15)12-13-6-2-3-8-16(13)17/h2-3,6,8,14-15,18H,4-5,7,9-12H2,1H3. The fourth-order valence-corrected chi connectivity index (χ4v) is 2.91. The van der Waals surface area contributed by atoms with Crippen molar-refractivity contribution in [3.8, 4) is 0 Å². The van der Waals surface area contributed by atoms with Crippen molar-refractivity contribution >= 4 is 11.6 Å². The van der Waals surface area contributed by atoms with E-state index in [4.69, 9.17) is 16.3 Å². The molecule has 0 amide bonds. The van der Waals surface area contributed by atoms with Crippen LogP contribution >= 0.6 is 11.6 Å². The summed E-state index contributed by atoms with van der Waals surface area (Å²) in [7, 11) is 2.03. The summed E-state index contributed by atoms with van der Waals surface area (Å²) >= 11 is 6.22. The van der Waals surface area contributed by atoms with Gasteiger partial charge in [0.15, 0.2) is 0 Å². The van der Waals surface area contributed by atoms with Gasteiger partial charge in [0.25, 0.3) is 0 Å². The molecule has 1 aliphatic heterocycles. The number of likely N-dealkylation sites (N-methyl/N-ethyl adjacent to an activating group) is 1. The van der Waals surface area contributed by atoms with E-state index < -0.39 is 0 Å². The Bertz CT molecular complexity index is 377. The average molecular weight is 282 g/mol. The Morgan fingerprint density at radius 1 is 1.37 bits per heavy atom. The molecule has 0 bridgehead atoms. The Morgan fingerprint density at radius 3 is 2.89 bits per heavy atom. The monoisotopic (exact) mass is 281 g/mol. The lowest BCUT2D eigenvalue weighted by Crippen LogP contribution is -2.30. The van der Waals surface area contributed by atoms with E-state index in [0.717, 1.165) is 30.9 Å². The molecule has 1 fully saturated rings. The molecule has 2 atom stereocenters. The summed E-state index contributed by atoms with van der Waals surface area (Å²) in [6, 6.07) is 8.59. The highest BCUT2D eigenvalue weighted by molar-refractivity contribution is 6.31. The molecule has 2 nitrogen and oxygen atoms in total. The molecule has 0 saturated carbocycles. The summed E-state index contributed by atoms with van der Waals surface area (Å²) in [4.78, 5) is 0. The first-order chi connectivity index (χ1) is 9.29. The van der Waals surface area contributed by atoms with Gasteiger partial charge in [-0.3, -0.25) is 0 Å². The molecule has 1 aliphatic rings. The summed E-state index contributed by atoms with van der Waals surface area (Å²) in [5, 5.41) is 4.28. The third-order valence-corrected chi connectivity index (χ3v) is 4.31. The largest absolute Gasteiger partial charge is 0.378 e. The number of hydrogen-bond acceptors (Lipinski definition) is 2. The number of benzene rings is 1. The van der Waals surface area contributed by atoms with E-state index in [9.17, 15) is 0 Å². The molecule has 0 aromatic heterocycles. The van der Waals surface area contributed by atoms with Gasteiger partial charge in [0.1, 0.15) is 0 Å². The van der Waals surface area contributed by atoms with Gasteiger partial charge in [-0.1, -0.05) is 29.8 Å². The van der Waals surface area contributed by atoms with Crippen molar-refractivity contribution < 1.29 is 4.74 Å². The van der Waals surface area contributed by atoms with Crippen LogP contribution in [0.1, 0.15) is 37.7 Å². The van der Waals surface area contributed by atoms with Crippen molar-refractivity contribution in [2.24, 2.45) is 0 Å². The second-order valence-corrected chi connectivity index (χ2v) is 5.75. The highest BCUT2D eigenvalue weighted by Gasteiger charge is 2.16. The van der Waals surface area contributed by atoms with Gasteiger partial charge in [0, 0.05) is 17.7 Å². The highest BCUT2D eigenvalue weighted by atomic mass is 35.5. The van der Waals surface area contributed by atoms with Gasteiger partial charge in [0.05, 0.1) is 6.10 Å². The van der Waals surface area contributed by atoms with Crippen LogP contribution < -0.4 is 5.32 Å². The van der Waals surface area contributed by atoms with Crippen LogP contribution in [0.25, 0.3) is 0 Å². The minimum absolute atomic E-state index is 0.468. The molecule has 19 heavy (non-hydrogen) atoms. The Balaban J connectivity index is 1.81. The fourth-order valence-electron chi connectivity index (χ4n) is 2.70. The number of ether oxygens (including phenoxy) is 1. The molecule has 1 aromatic carbocycles. The van der Waals surface area contributed by atoms with E-state index in [1.54, 1.807) is 0 Å². The van der Waals surface area contributed by atoms with E-state index in [2.05, 4.69) is 17.4 Å². The van der Waals surface area contributed by atoms with Crippen LogP contribution in [-0.4, -0.2) is 25.8 Å². The Hall–Kier alpha value is -0.570. The van der Waals surface area contributed by atoms with Crippen molar-refractivity contribution in [2.45, 2.75) is 50.7 Å². The Kier molecular flexibility index (Phi) is 6.15. The summed E-state index contributed by atoms with van der Waals surface area (Å²) in [6.07, 6.45) is 7.52. The second kappa shape index (κ2) is 7.88. The summed E-state index contributed by atoms with van der Waals surface area (Å²) in [5.41, 5.74) is 1.23. The van der Waals surface area contributed by atoms with Gasteiger partial charge in [-0.05, 0) is 57.2 Å². The first-order valence-corrected chi connectivity index (χ1v) is 7.69. The SMILES string of the molecule is CNC(CCC1CCCCO1)Cc1ccccc1Cl. The molecule has 1 saturated heterocycles. The van der Waals surface area contributed by atoms with Gasteiger partial charge >= 0.3 is 0 Å². The molecule has 3 heteroatoms. The lowest BCUT2D eigenvalue weighted by molar-refractivity contribution is 0.00870. The average Bonchev–Trinajstić information content (AvgIpc) is 2.46. The van der Waals surface area contributed by atoms with Gasteiger partial charge in [-0.15, -0.1) is 0 Å². The molecule has 0 spiro atoms. The molecular formula is C16H24ClNO. The lowest BCUT2D eigenvalue weighted by Gasteiger charge is -2.25.